The van der Waals surface area contributed by atoms with Gasteiger partial charge < -0.3 is 14.9 Å². The maximum atomic E-state index is 12.4. The van der Waals surface area contributed by atoms with Gasteiger partial charge in [0.2, 0.25) is 0 Å². The van der Waals surface area contributed by atoms with Gasteiger partial charge in [-0.15, -0.1) is 0 Å². The van der Waals surface area contributed by atoms with Crippen molar-refractivity contribution in [2.24, 2.45) is 11.3 Å². The molecule has 1 aliphatic rings. The third-order valence-corrected chi connectivity index (χ3v) is 6.24. The zero-order chi connectivity index (χ0) is 23.8. The quantitative estimate of drug-likeness (QED) is 0.535. The fourth-order valence-electron chi connectivity index (χ4n) is 4.39. The van der Waals surface area contributed by atoms with Gasteiger partial charge in [0, 0.05) is 5.39 Å². The molecule has 33 heavy (non-hydrogen) atoms. The Kier molecular flexibility index (Phi) is 5.93. The summed E-state index contributed by atoms with van der Waals surface area (Å²) in [4.78, 5) is 28.0. The van der Waals surface area contributed by atoms with E-state index in [1.165, 1.54) is 0 Å². The number of aliphatic carboxylic acids is 1. The Morgan fingerprint density at radius 2 is 1.76 bits per heavy atom. The first kappa shape index (κ1) is 22.5. The largest absolute Gasteiger partial charge is 0.482 e. The van der Waals surface area contributed by atoms with Gasteiger partial charge in [-0.2, -0.15) is 0 Å². The summed E-state index contributed by atoms with van der Waals surface area (Å²) in [6, 6.07) is 14.6. The first-order valence-electron chi connectivity index (χ1n) is 10.9. The van der Waals surface area contributed by atoms with E-state index in [1.807, 2.05) is 42.5 Å². The van der Waals surface area contributed by atoms with Gasteiger partial charge in [-0.1, -0.05) is 51.1 Å². The third-order valence-electron chi connectivity index (χ3n) is 6.24. The van der Waals surface area contributed by atoms with Crippen molar-refractivity contribution in [1.29, 1.82) is 0 Å². The second-order valence-electron chi connectivity index (χ2n) is 9.53. The van der Waals surface area contributed by atoms with Gasteiger partial charge in [-0.05, 0) is 65.1 Å². The lowest BCUT2D eigenvalue weighted by Gasteiger charge is -2.36. The topological polar surface area (TPSA) is 96.7 Å². The van der Waals surface area contributed by atoms with Crippen LogP contribution in [-0.4, -0.2) is 33.7 Å². The lowest BCUT2D eigenvalue weighted by atomic mass is 9.69. The number of fused-ring (bicyclic) bond motifs is 2. The number of aromatic carboxylic acids is 1. The van der Waals surface area contributed by atoms with Gasteiger partial charge in [-0.25, -0.2) is 14.6 Å². The monoisotopic (exact) mass is 445 g/mol. The number of para-hydroxylation sites is 1. The average Bonchev–Trinajstić information content (AvgIpc) is 2.76. The summed E-state index contributed by atoms with van der Waals surface area (Å²) in [5, 5.41) is 19.6. The Morgan fingerprint density at radius 1 is 1.06 bits per heavy atom. The molecule has 0 fully saturated rings. The summed E-state index contributed by atoms with van der Waals surface area (Å²) >= 11 is 0. The van der Waals surface area contributed by atoms with Crippen molar-refractivity contribution in [3.05, 3.63) is 70.9 Å². The number of carboxylic acid groups (broad SMARTS) is 2. The molecule has 170 valence electrons. The van der Waals surface area contributed by atoms with Gasteiger partial charge in [0.05, 0.1) is 16.8 Å². The number of hydrogen-bond acceptors (Lipinski definition) is 4. The van der Waals surface area contributed by atoms with Crippen molar-refractivity contribution in [3.8, 4) is 5.75 Å². The van der Waals surface area contributed by atoms with Crippen molar-refractivity contribution in [2.75, 3.05) is 6.61 Å². The van der Waals surface area contributed by atoms with E-state index >= 15 is 0 Å². The zero-order valence-electron chi connectivity index (χ0n) is 19.0. The van der Waals surface area contributed by atoms with Crippen molar-refractivity contribution in [2.45, 2.75) is 33.6 Å². The molecule has 0 radical (unpaired) electrons. The molecule has 1 aromatic heterocycles. The van der Waals surface area contributed by atoms with Crippen molar-refractivity contribution < 1.29 is 24.5 Å². The fourth-order valence-corrected chi connectivity index (χ4v) is 4.39. The number of pyridine rings is 1. The molecule has 2 N–H and O–H groups in total. The summed E-state index contributed by atoms with van der Waals surface area (Å²) in [5.41, 5.74) is 4.47. The van der Waals surface area contributed by atoms with Gasteiger partial charge in [0.1, 0.15) is 5.75 Å². The predicted octanol–water partition coefficient (Wildman–Crippen LogP) is 5.55. The summed E-state index contributed by atoms with van der Waals surface area (Å²) in [6.45, 7) is 6.16. The Bertz CT molecular complexity index is 1250. The molecule has 0 bridgehead atoms. The highest BCUT2D eigenvalue weighted by atomic mass is 16.5. The van der Waals surface area contributed by atoms with Crippen LogP contribution in [0.4, 0.5) is 0 Å². The highest BCUT2D eigenvalue weighted by Gasteiger charge is 2.35. The molecule has 2 aromatic carbocycles. The standard InChI is InChI=1S/C27H27NO5/c1-27(2,3)18-13-17(12-16-8-10-19(11-9-16)33-15-23(29)30)25-21(14-18)24(26(31)32)20-6-4-5-7-22(20)28-25/h4-12,18H,13-15H2,1-3H3,(H,29,30)(H,31,32). The van der Waals surface area contributed by atoms with E-state index in [0.717, 1.165) is 28.8 Å². The van der Waals surface area contributed by atoms with E-state index < -0.39 is 18.5 Å². The molecule has 0 saturated carbocycles. The number of hydrogen-bond donors (Lipinski definition) is 2. The third kappa shape index (κ3) is 4.75. The number of aromatic nitrogens is 1. The van der Waals surface area contributed by atoms with Crippen LogP contribution in [0.1, 0.15) is 54.4 Å². The van der Waals surface area contributed by atoms with Crippen molar-refractivity contribution >= 4 is 34.5 Å². The van der Waals surface area contributed by atoms with E-state index in [2.05, 4.69) is 20.8 Å². The number of benzene rings is 2. The maximum absolute atomic E-state index is 12.4. The highest BCUT2D eigenvalue weighted by molar-refractivity contribution is 6.06. The SMILES string of the molecule is CC(C)(C)C1CC(=Cc2ccc(OCC(=O)O)cc2)c2nc3ccccc3c(C(=O)O)c2C1. The predicted molar refractivity (Wildman–Crippen MR) is 127 cm³/mol. The van der Waals surface area contributed by atoms with Crippen LogP contribution in [0.25, 0.3) is 22.6 Å². The molecule has 1 unspecified atom stereocenters. The van der Waals surface area contributed by atoms with Crippen LogP contribution in [-0.2, 0) is 11.2 Å². The minimum absolute atomic E-state index is 0.00721. The zero-order valence-corrected chi connectivity index (χ0v) is 19.0. The number of nitrogens with zero attached hydrogens (tertiary/aromatic N) is 1. The molecular formula is C27H27NO5. The van der Waals surface area contributed by atoms with Crippen LogP contribution < -0.4 is 4.74 Å². The van der Waals surface area contributed by atoms with E-state index in [9.17, 15) is 14.7 Å². The minimum Gasteiger partial charge on any atom is -0.482 e. The van der Waals surface area contributed by atoms with Crippen LogP contribution in [0, 0.1) is 11.3 Å². The number of carbonyl (C=O) groups is 2. The maximum Gasteiger partial charge on any atom is 0.341 e. The molecule has 1 atom stereocenters. The van der Waals surface area contributed by atoms with Crippen LogP contribution in [0.2, 0.25) is 0 Å². The second kappa shape index (κ2) is 8.70. The molecule has 6 nitrogen and oxygen atoms in total. The van der Waals surface area contributed by atoms with Gasteiger partial charge >= 0.3 is 11.9 Å². The van der Waals surface area contributed by atoms with Crippen LogP contribution in [0.3, 0.4) is 0 Å². The molecule has 0 saturated heterocycles. The van der Waals surface area contributed by atoms with E-state index in [0.29, 0.717) is 28.6 Å². The normalized spacial score (nSPS) is 17.1. The lowest BCUT2D eigenvalue weighted by Crippen LogP contribution is -2.28. The summed E-state index contributed by atoms with van der Waals surface area (Å²) < 4.78 is 5.22. The highest BCUT2D eigenvalue weighted by Crippen LogP contribution is 2.44. The van der Waals surface area contributed by atoms with Gasteiger partial charge in [-0.3, -0.25) is 0 Å². The number of rotatable bonds is 5. The molecule has 6 heteroatoms. The Labute approximate surface area is 192 Å². The second-order valence-corrected chi connectivity index (χ2v) is 9.53. The molecule has 1 aliphatic carbocycles. The molecule has 0 aliphatic heterocycles. The molecule has 1 heterocycles. The Hall–Kier alpha value is -3.67. The first-order valence-corrected chi connectivity index (χ1v) is 10.9. The molecule has 3 aromatic rings. The Balaban J connectivity index is 1.84. The summed E-state index contributed by atoms with van der Waals surface area (Å²) in [7, 11) is 0. The van der Waals surface area contributed by atoms with E-state index in [1.54, 1.807) is 12.1 Å². The first-order chi connectivity index (χ1) is 15.6. The van der Waals surface area contributed by atoms with Gasteiger partial charge in [0.25, 0.3) is 0 Å². The number of allylic oxidation sites excluding steroid dienone is 1. The average molecular weight is 446 g/mol. The lowest BCUT2D eigenvalue weighted by molar-refractivity contribution is -0.139. The molecular weight excluding hydrogens is 418 g/mol. The van der Waals surface area contributed by atoms with Crippen LogP contribution >= 0.6 is 0 Å². The Morgan fingerprint density at radius 3 is 2.39 bits per heavy atom. The molecule has 0 spiro atoms. The smallest absolute Gasteiger partial charge is 0.341 e. The van der Waals surface area contributed by atoms with Crippen molar-refractivity contribution in [3.63, 3.8) is 0 Å². The fraction of sp³-hybridized carbons (Fsp3) is 0.296. The number of carboxylic acids is 2. The van der Waals surface area contributed by atoms with Crippen LogP contribution in [0.5, 0.6) is 5.75 Å². The number of ether oxygens (including phenoxy) is 1. The summed E-state index contributed by atoms with van der Waals surface area (Å²) in [5.74, 6) is -1.22. The van der Waals surface area contributed by atoms with E-state index in [4.69, 9.17) is 14.8 Å². The summed E-state index contributed by atoms with van der Waals surface area (Å²) in [6.07, 6.45) is 3.50. The van der Waals surface area contributed by atoms with Crippen molar-refractivity contribution in [1.82, 2.24) is 4.98 Å². The van der Waals surface area contributed by atoms with Gasteiger partial charge in [0.15, 0.2) is 6.61 Å². The molecule has 4 rings (SSSR count). The van der Waals surface area contributed by atoms with Crippen LogP contribution in [0.15, 0.2) is 48.5 Å². The van der Waals surface area contributed by atoms with E-state index in [-0.39, 0.29) is 11.3 Å². The molecule has 0 amide bonds. The minimum atomic E-state index is -1.03.